The molecule has 3 heterocycles. The summed E-state index contributed by atoms with van der Waals surface area (Å²) in [5, 5.41) is 14.6. The van der Waals surface area contributed by atoms with Crippen LogP contribution in [0.1, 0.15) is 23.5 Å². The lowest BCUT2D eigenvalue weighted by Crippen LogP contribution is -2.61. The number of carbonyl (C=O) groups excluding carboxylic acids is 1. The highest BCUT2D eigenvalue weighted by Gasteiger charge is 2.44. The van der Waals surface area contributed by atoms with Crippen molar-refractivity contribution in [3.8, 4) is 0 Å². The fourth-order valence-electron chi connectivity index (χ4n) is 3.92. The van der Waals surface area contributed by atoms with Crippen LogP contribution in [0.25, 0.3) is 0 Å². The fourth-order valence-corrected chi connectivity index (χ4v) is 4.77. The number of aliphatic carboxylic acids is 1. The first kappa shape index (κ1) is 25.2. The first-order valence-corrected chi connectivity index (χ1v) is 11.7. The van der Waals surface area contributed by atoms with Gasteiger partial charge in [-0.2, -0.15) is 0 Å². The number of carboxylic acid groups (broad SMARTS) is 1. The van der Waals surface area contributed by atoms with E-state index in [1.165, 1.54) is 31.4 Å². The Kier molecular flexibility index (Phi) is 7.17. The minimum atomic E-state index is -1.38. The van der Waals surface area contributed by atoms with Gasteiger partial charge in [0.25, 0.3) is 0 Å². The third-order valence-electron chi connectivity index (χ3n) is 5.92. The topological polar surface area (TPSA) is 113 Å². The highest BCUT2D eigenvalue weighted by Crippen LogP contribution is 2.38. The number of rotatable bonds is 6. The van der Waals surface area contributed by atoms with Crippen LogP contribution in [0, 0.1) is 11.6 Å². The average molecular weight is 527 g/mol. The van der Waals surface area contributed by atoms with Gasteiger partial charge in [-0.25, -0.2) is 18.6 Å². The van der Waals surface area contributed by atoms with Crippen molar-refractivity contribution in [3.05, 3.63) is 62.2 Å². The largest absolute Gasteiger partial charge is 0.480 e. The number of thiazole rings is 1. The van der Waals surface area contributed by atoms with E-state index in [1.54, 1.807) is 16.5 Å². The lowest BCUT2D eigenvalue weighted by atomic mass is 9.93. The highest BCUT2D eigenvalue weighted by atomic mass is 35.5. The number of nitrogens with zero attached hydrogens (tertiary/aromatic N) is 3. The first-order valence-electron chi connectivity index (χ1n) is 10.4. The molecule has 0 saturated carbocycles. The summed E-state index contributed by atoms with van der Waals surface area (Å²) in [5.41, 5.74) is -1.07. The van der Waals surface area contributed by atoms with Gasteiger partial charge in [-0.1, -0.05) is 17.7 Å². The van der Waals surface area contributed by atoms with Crippen molar-refractivity contribution in [2.24, 2.45) is 4.99 Å². The Morgan fingerprint density at radius 2 is 2.20 bits per heavy atom. The van der Waals surface area contributed by atoms with E-state index >= 15 is 0 Å². The van der Waals surface area contributed by atoms with Crippen LogP contribution in [0.2, 0.25) is 5.02 Å². The molecule has 2 atom stereocenters. The monoisotopic (exact) mass is 526 g/mol. The van der Waals surface area contributed by atoms with Crippen molar-refractivity contribution in [1.82, 2.24) is 15.2 Å². The molecule has 35 heavy (non-hydrogen) atoms. The standard InChI is InChI=1S/C22H21ClF2N4O5S/c1-22(21(31)32)10-34-7-6-29(22)9-13-14(20(30)33-2)17(11-3-4-12(24)16(25)15(11)23)28-18(27-13)19-26-5-8-35-19/h3-5,8,17H,6-7,9-10H2,1-2H3,(H,27,28)(H,31,32). The predicted octanol–water partition coefficient (Wildman–Crippen LogP) is 2.77. The van der Waals surface area contributed by atoms with Crippen LogP contribution in [0.5, 0.6) is 0 Å². The molecule has 1 aromatic heterocycles. The summed E-state index contributed by atoms with van der Waals surface area (Å²) >= 11 is 7.41. The van der Waals surface area contributed by atoms with Crippen LogP contribution >= 0.6 is 22.9 Å². The number of hydrogen-bond acceptors (Lipinski definition) is 9. The molecule has 2 aromatic rings. The first-order chi connectivity index (χ1) is 16.7. The van der Waals surface area contributed by atoms with Gasteiger partial charge in [-0.15, -0.1) is 11.3 Å². The molecule has 0 amide bonds. The Bertz CT molecular complexity index is 1220. The second-order valence-corrected chi connectivity index (χ2v) is 9.32. The molecule has 1 saturated heterocycles. The number of ether oxygens (including phenoxy) is 2. The van der Waals surface area contributed by atoms with E-state index in [1.807, 2.05) is 0 Å². The number of morpholine rings is 1. The van der Waals surface area contributed by atoms with Crippen LogP contribution < -0.4 is 5.32 Å². The van der Waals surface area contributed by atoms with Crippen molar-refractivity contribution < 1.29 is 33.0 Å². The molecule has 2 aliphatic rings. The normalized spacial score (nSPS) is 23.0. The third kappa shape index (κ3) is 4.66. The number of hydrogen-bond donors (Lipinski definition) is 2. The Labute approximate surface area is 208 Å². The summed E-state index contributed by atoms with van der Waals surface area (Å²) in [6.07, 6.45) is 1.56. The lowest BCUT2D eigenvalue weighted by molar-refractivity contribution is -0.161. The van der Waals surface area contributed by atoms with Gasteiger partial charge in [0.15, 0.2) is 22.5 Å². The van der Waals surface area contributed by atoms with E-state index in [2.05, 4.69) is 15.3 Å². The fraction of sp³-hybridized carbons (Fsp3) is 0.364. The maximum absolute atomic E-state index is 14.4. The number of halogens is 3. The van der Waals surface area contributed by atoms with E-state index < -0.39 is 40.2 Å². The minimum absolute atomic E-state index is 0.0139. The summed E-state index contributed by atoms with van der Waals surface area (Å²) in [5.74, 6) is -4.04. The second kappa shape index (κ2) is 9.97. The Morgan fingerprint density at radius 1 is 1.43 bits per heavy atom. The minimum Gasteiger partial charge on any atom is -0.480 e. The average Bonchev–Trinajstić information content (AvgIpc) is 3.38. The molecular formula is C22H21ClF2N4O5S. The van der Waals surface area contributed by atoms with Gasteiger partial charge >= 0.3 is 11.9 Å². The number of benzene rings is 1. The van der Waals surface area contributed by atoms with E-state index in [4.69, 9.17) is 21.1 Å². The maximum Gasteiger partial charge on any atom is 0.338 e. The molecule has 0 spiro atoms. The van der Waals surface area contributed by atoms with Crippen LogP contribution in [0.3, 0.4) is 0 Å². The van der Waals surface area contributed by atoms with Gasteiger partial charge in [0.2, 0.25) is 0 Å². The number of methoxy groups -OCH3 is 1. The van der Waals surface area contributed by atoms with Gasteiger partial charge in [-0.3, -0.25) is 14.7 Å². The van der Waals surface area contributed by atoms with Gasteiger partial charge in [0.1, 0.15) is 11.6 Å². The summed E-state index contributed by atoms with van der Waals surface area (Å²) < 4.78 is 38.6. The quantitative estimate of drug-likeness (QED) is 0.436. The van der Waals surface area contributed by atoms with Crippen molar-refractivity contribution >= 4 is 40.7 Å². The highest BCUT2D eigenvalue weighted by molar-refractivity contribution is 7.11. The molecule has 2 N–H and O–H groups in total. The molecule has 1 fully saturated rings. The molecule has 1 aromatic carbocycles. The SMILES string of the molecule is COC(=O)C1=C(CN2CCOCC2(C)C(=O)O)NC(c2nccs2)=NC1c1ccc(F)c(F)c1Cl. The van der Waals surface area contributed by atoms with Crippen molar-refractivity contribution in [1.29, 1.82) is 0 Å². The van der Waals surface area contributed by atoms with E-state index in [0.717, 1.165) is 6.07 Å². The van der Waals surface area contributed by atoms with Crippen molar-refractivity contribution in [2.75, 3.05) is 33.4 Å². The number of nitrogens with one attached hydrogen (secondary N) is 1. The van der Waals surface area contributed by atoms with Crippen molar-refractivity contribution in [2.45, 2.75) is 18.5 Å². The summed E-state index contributed by atoms with van der Waals surface area (Å²) in [6.45, 7) is 1.99. The molecular weight excluding hydrogens is 506 g/mol. The van der Waals surface area contributed by atoms with Gasteiger partial charge in [0, 0.05) is 35.9 Å². The number of amidine groups is 1. The van der Waals surface area contributed by atoms with Gasteiger partial charge in [0.05, 0.1) is 30.9 Å². The van der Waals surface area contributed by atoms with Crippen LogP contribution in [-0.2, 0) is 19.1 Å². The molecule has 13 heteroatoms. The summed E-state index contributed by atoms with van der Waals surface area (Å²) in [4.78, 5) is 35.5. The molecule has 0 aliphatic carbocycles. The smallest absolute Gasteiger partial charge is 0.338 e. The summed E-state index contributed by atoms with van der Waals surface area (Å²) in [7, 11) is 1.17. The number of carbonyl (C=O) groups is 2. The number of carboxylic acids is 1. The number of aliphatic imine (C=N–C) groups is 1. The molecule has 0 radical (unpaired) electrons. The molecule has 0 bridgehead atoms. The third-order valence-corrected chi connectivity index (χ3v) is 7.09. The van der Waals surface area contributed by atoms with E-state index in [9.17, 15) is 23.5 Å². The zero-order valence-electron chi connectivity index (χ0n) is 18.7. The maximum atomic E-state index is 14.4. The van der Waals surface area contributed by atoms with Gasteiger partial charge in [-0.05, 0) is 13.0 Å². The number of esters is 1. The van der Waals surface area contributed by atoms with E-state index in [0.29, 0.717) is 5.01 Å². The van der Waals surface area contributed by atoms with Crippen molar-refractivity contribution in [3.63, 3.8) is 0 Å². The van der Waals surface area contributed by atoms with E-state index in [-0.39, 0.29) is 49.0 Å². The predicted molar refractivity (Wildman–Crippen MR) is 123 cm³/mol. The van der Waals surface area contributed by atoms with Crippen LogP contribution in [-0.4, -0.2) is 71.7 Å². The number of aromatic nitrogens is 1. The zero-order valence-corrected chi connectivity index (χ0v) is 20.3. The van der Waals surface area contributed by atoms with Crippen LogP contribution in [0.15, 0.2) is 40.0 Å². The zero-order chi connectivity index (χ0) is 25.3. The molecule has 2 unspecified atom stereocenters. The summed E-state index contributed by atoms with van der Waals surface area (Å²) in [6, 6.07) is 0.975. The lowest BCUT2D eigenvalue weighted by Gasteiger charge is -2.42. The Hall–Kier alpha value is -2.93. The Balaban J connectivity index is 1.88. The molecule has 4 rings (SSSR count). The van der Waals surface area contributed by atoms with Gasteiger partial charge < -0.3 is 19.9 Å². The second-order valence-electron chi connectivity index (χ2n) is 8.04. The molecule has 9 nitrogen and oxygen atoms in total. The Morgan fingerprint density at radius 3 is 2.86 bits per heavy atom. The molecule has 2 aliphatic heterocycles. The van der Waals surface area contributed by atoms with Crippen LogP contribution in [0.4, 0.5) is 8.78 Å². The molecule has 186 valence electrons.